The van der Waals surface area contributed by atoms with Gasteiger partial charge in [-0.1, -0.05) is 23.2 Å². The second kappa shape index (κ2) is 3.54. The molecule has 0 saturated carbocycles. The highest BCUT2D eigenvalue weighted by Gasteiger charge is 2.17. The van der Waals surface area contributed by atoms with E-state index in [2.05, 4.69) is 10.3 Å². The van der Waals surface area contributed by atoms with Crippen molar-refractivity contribution in [3.63, 3.8) is 0 Å². The first kappa shape index (κ1) is 9.75. The smallest absolute Gasteiger partial charge is 0.174 e. The highest BCUT2D eigenvalue weighted by Crippen LogP contribution is 2.42. The van der Waals surface area contributed by atoms with E-state index in [1.807, 2.05) is 6.07 Å². The van der Waals surface area contributed by atoms with Gasteiger partial charge in [-0.2, -0.15) is 0 Å². The standard InChI is InChI=1S/C11H6Cl2N2O/c12-6-1-2-8-9(3-6)16-10-4-7(13)5-14-11(10)15-8/h1-5H,(H,14,15). The van der Waals surface area contributed by atoms with Crippen LogP contribution in [0, 0.1) is 0 Å². The lowest BCUT2D eigenvalue weighted by Gasteiger charge is -2.20. The molecule has 16 heavy (non-hydrogen) atoms. The number of benzene rings is 1. The Labute approximate surface area is 102 Å². The Hall–Kier alpha value is -1.45. The summed E-state index contributed by atoms with van der Waals surface area (Å²) in [6.45, 7) is 0. The third-order valence-electron chi connectivity index (χ3n) is 2.24. The van der Waals surface area contributed by atoms with Crippen LogP contribution in [0.2, 0.25) is 10.0 Å². The summed E-state index contributed by atoms with van der Waals surface area (Å²) in [4.78, 5) is 4.14. The molecular weight excluding hydrogens is 247 g/mol. The lowest BCUT2D eigenvalue weighted by atomic mass is 10.2. The molecule has 0 spiro atoms. The predicted octanol–water partition coefficient (Wildman–Crippen LogP) is 4.24. The SMILES string of the molecule is Clc1ccc2c(c1)Oc1cc(Cl)cnc1N2. The Morgan fingerprint density at radius 2 is 1.88 bits per heavy atom. The van der Waals surface area contributed by atoms with Crippen molar-refractivity contribution >= 4 is 34.7 Å². The van der Waals surface area contributed by atoms with Crippen LogP contribution >= 0.6 is 23.2 Å². The molecule has 1 aromatic heterocycles. The molecular formula is C11H6Cl2N2O. The maximum atomic E-state index is 5.89. The molecule has 2 aromatic rings. The molecule has 1 aliphatic heterocycles. The summed E-state index contributed by atoms with van der Waals surface area (Å²) in [5.41, 5.74) is 0.840. The summed E-state index contributed by atoms with van der Waals surface area (Å²) in [5.74, 6) is 1.92. The van der Waals surface area contributed by atoms with Gasteiger partial charge in [0.2, 0.25) is 0 Å². The van der Waals surface area contributed by atoms with E-state index < -0.39 is 0 Å². The number of fused-ring (bicyclic) bond motifs is 2. The Bertz CT molecular complexity index is 522. The maximum absolute atomic E-state index is 5.89. The molecule has 1 aliphatic rings. The van der Waals surface area contributed by atoms with Crippen molar-refractivity contribution in [3.8, 4) is 11.5 Å². The molecule has 0 bridgehead atoms. The molecule has 0 fully saturated rings. The summed E-state index contributed by atoms with van der Waals surface area (Å²) in [6, 6.07) is 7.09. The van der Waals surface area contributed by atoms with Crippen molar-refractivity contribution < 1.29 is 4.74 Å². The molecule has 0 saturated heterocycles. The van der Waals surface area contributed by atoms with Gasteiger partial charge in [-0.15, -0.1) is 0 Å². The van der Waals surface area contributed by atoms with E-state index in [1.54, 1.807) is 24.4 Å². The summed E-state index contributed by atoms with van der Waals surface area (Å²) >= 11 is 11.7. The Balaban J connectivity index is 2.10. The largest absolute Gasteiger partial charge is 0.451 e. The van der Waals surface area contributed by atoms with E-state index in [1.165, 1.54) is 0 Å². The van der Waals surface area contributed by atoms with Crippen LogP contribution in [0.1, 0.15) is 0 Å². The zero-order chi connectivity index (χ0) is 11.1. The molecule has 80 valence electrons. The normalized spacial score (nSPS) is 12.1. The molecule has 2 heterocycles. The summed E-state index contributed by atoms with van der Waals surface area (Å²) in [7, 11) is 0. The number of hydrogen-bond acceptors (Lipinski definition) is 3. The number of halogens is 2. The fourth-order valence-corrected chi connectivity index (χ4v) is 1.83. The van der Waals surface area contributed by atoms with E-state index >= 15 is 0 Å². The average Bonchev–Trinajstić information content (AvgIpc) is 2.26. The third-order valence-corrected chi connectivity index (χ3v) is 2.68. The molecule has 0 radical (unpaired) electrons. The maximum Gasteiger partial charge on any atom is 0.174 e. The van der Waals surface area contributed by atoms with Gasteiger partial charge in [-0.25, -0.2) is 4.98 Å². The zero-order valence-corrected chi connectivity index (χ0v) is 9.51. The molecule has 0 unspecified atom stereocenters. The number of aromatic nitrogens is 1. The Morgan fingerprint density at radius 1 is 1.06 bits per heavy atom. The van der Waals surface area contributed by atoms with E-state index in [0.29, 0.717) is 27.4 Å². The van der Waals surface area contributed by atoms with Crippen molar-refractivity contribution in [1.82, 2.24) is 4.98 Å². The third kappa shape index (κ3) is 1.58. The first-order valence-electron chi connectivity index (χ1n) is 4.62. The quantitative estimate of drug-likeness (QED) is 0.650. The lowest BCUT2D eigenvalue weighted by Crippen LogP contribution is -2.04. The number of anilines is 2. The van der Waals surface area contributed by atoms with E-state index in [-0.39, 0.29) is 0 Å². The minimum absolute atomic E-state index is 0.533. The molecule has 0 aliphatic carbocycles. The van der Waals surface area contributed by atoms with Crippen molar-refractivity contribution in [2.45, 2.75) is 0 Å². The molecule has 0 atom stereocenters. The average molecular weight is 253 g/mol. The molecule has 1 N–H and O–H groups in total. The van der Waals surface area contributed by atoms with Crippen molar-refractivity contribution in [1.29, 1.82) is 0 Å². The van der Waals surface area contributed by atoms with Crippen LogP contribution in [-0.2, 0) is 0 Å². The first-order valence-corrected chi connectivity index (χ1v) is 5.38. The minimum atomic E-state index is 0.533. The van der Waals surface area contributed by atoms with Crippen LogP contribution in [0.5, 0.6) is 11.5 Å². The van der Waals surface area contributed by atoms with Gasteiger partial charge in [0.1, 0.15) is 0 Å². The van der Waals surface area contributed by atoms with Gasteiger partial charge in [0, 0.05) is 23.4 Å². The number of nitrogens with zero attached hydrogens (tertiary/aromatic N) is 1. The highest BCUT2D eigenvalue weighted by molar-refractivity contribution is 6.31. The number of ether oxygens (including phenoxy) is 1. The van der Waals surface area contributed by atoms with E-state index in [4.69, 9.17) is 27.9 Å². The number of hydrogen-bond donors (Lipinski definition) is 1. The lowest BCUT2D eigenvalue weighted by molar-refractivity contribution is 0.479. The van der Waals surface area contributed by atoms with Gasteiger partial charge in [0.15, 0.2) is 17.3 Å². The van der Waals surface area contributed by atoms with E-state index in [0.717, 1.165) is 5.69 Å². The summed E-state index contributed by atoms with van der Waals surface area (Å²) in [6.07, 6.45) is 1.57. The molecule has 5 heteroatoms. The Kier molecular flexibility index (Phi) is 2.16. The van der Waals surface area contributed by atoms with Gasteiger partial charge in [0.25, 0.3) is 0 Å². The van der Waals surface area contributed by atoms with Crippen LogP contribution in [-0.4, -0.2) is 4.98 Å². The minimum Gasteiger partial charge on any atom is -0.451 e. The van der Waals surface area contributed by atoms with Gasteiger partial charge < -0.3 is 10.1 Å². The molecule has 3 nitrogen and oxygen atoms in total. The van der Waals surface area contributed by atoms with Crippen LogP contribution in [0.15, 0.2) is 30.5 Å². The van der Waals surface area contributed by atoms with Crippen molar-refractivity contribution in [3.05, 3.63) is 40.5 Å². The van der Waals surface area contributed by atoms with Crippen molar-refractivity contribution in [2.24, 2.45) is 0 Å². The molecule has 1 aromatic carbocycles. The Morgan fingerprint density at radius 3 is 2.75 bits per heavy atom. The van der Waals surface area contributed by atoms with Crippen LogP contribution in [0.25, 0.3) is 0 Å². The van der Waals surface area contributed by atoms with Gasteiger partial charge in [-0.3, -0.25) is 0 Å². The van der Waals surface area contributed by atoms with Crippen LogP contribution < -0.4 is 10.1 Å². The fourth-order valence-electron chi connectivity index (χ4n) is 1.52. The second-order valence-corrected chi connectivity index (χ2v) is 4.24. The monoisotopic (exact) mass is 252 g/mol. The van der Waals surface area contributed by atoms with Crippen LogP contribution in [0.3, 0.4) is 0 Å². The van der Waals surface area contributed by atoms with E-state index in [9.17, 15) is 0 Å². The van der Waals surface area contributed by atoms with Gasteiger partial charge in [0.05, 0.1) is 10.7 Å². The predicted molar refractivity (Wildman–Crippen MR) is 64.1 cm³/mol. The number of rotatable bonds is 0. The summed E-state index contributed by atoms with van der Waals surface area (Å²) in [5, 5.41) is 4.30. The zero-order valence-electron chi connectivity index (χ0n) is 8.00. The fraction of sp³-hybridized carbons (Fsp3) is 0. The first-order chi connectivity index (χ1) is 7.72. The van der Waals surface area contributed by atoms with Crippen LogP contribution in [0.4, 0.5) is 11.5 Å². The molecule has 3 rings (SSSR count). The highest BCUT2D eigenvalue weighted by atomic mass is 35.5. The molecule has 0 amide bonds. The van der Waals surface area contributed by atoms with Crippen molar-refractivity contribution in [2.75, 3.05) is 5.32 Å². The topological polar surface area (TPSA) is 34.1 Å². The van der Waals surface area contributed by atoms with Gasteiger partial charge in [-0.05, 0) is 12.1 Å². The number of nitrogens with one attached hydrogen (secondary N) is 1. The number of pyridine rings is 1. The van der Waals surface area contributed by atoms with Gasteiger partial charge >= 0.3 is 0 Å². The second-order valence-electron chi connectivity index (χ2n) is 3.37. The summed E-state index contributed by atoms with van der Waals surface area (Å²) < 4.78 is 5.65.